The molecule has 2 N–H and O–H groups in total. The Bertz CT molecular complexity index is 2020. The number of rotatable bonds is 6. The number of hydrogen-bond donors (Lipinski definition) is 2. The van der Waals surface area contributed by atoms with Crippen molar-refractivity contribution in [2.24, 2.45) is 5.92 Å². The average molecular weight is 646 g/mol. The highest BCUT2D eigenvalue weighted by atomic mass is 35.5. The topological polar surface area (TPSA) is 109 Å². The Labute approximate surface area is 262 Å². The van der Waals surface area contributed by atoms with Crippen molar-refractivity contribution in [1.29, 1.82) is 0 Å². The summed E-state index contributed by atoms with van der Waals surface area (Å²) < 4.78 is 19.7. The van der Waals surface area contributed by atoms with Crippen LogP contribution in [0.2, 0.25) is 5.02 Å². The Morgan fingerprint density at radius 2 is 1.75 bits per heavy atom. The molecule has 3 amide bonds. The first-order valence-corrected chi connectivity index (χ1v) is 15.6. The van der Waals surface area contributed by atoms with Crippen LogP contribution in [0.3, 0.4) is 0 Å². The lowest BCUT2D eigenvalue weighted by molar-refractivity contribution is -0.122. The molecule has 5 aromatic rings. The fourth-order valence-corrected chi connectivity index (χ4v) is 8.44. The number of aromatic nitrogens is 1. The predicted molar refractivity (Wildman–Crippen MR) is 168 cm³/mol. The molecule has 220 valence electrons. The van der Waals surface area contributed by atoms with Gasteiger partial charge in [-0.2, -0.15) is 0 Å². The van der Waals surface area contributed by atoms with E-state index in [2.05, 4.69) is 10.3 Å². The number of halogens is 2. The molecule has 0 saturated carbocycles. The van der Waals surface area contributed by atoms with Crippen LogP contribution in [-0.4, -0.2) is 34.6 Å². The first kappa shape index (κ1) is 28.3. The highest BCUT2D eigenvalue weighted by Crippen LogP contribution is 2.54. The number of amides is 3. The van der Waals surface area contributed by atoms with Gasteiger partial charge < -0.3 is 15.0 Å². The number of nitrogens with one attached hydrogen (secondary N) is 2. The largest absolute Gasteiger partial charge is 0.483 e. The summed E-state index contributed by atoms with van der Waals surface area (Å²) in [6, 6.07) is 23.2. The normalized spacial score (nSPS) is 19.1. The van der Waals surface area contributed by atoms with E-state index in [0.29, 0.717) is 26.2 Å². The summed E-state index contributed by atoms with van der Waals surface area (Å²) in [7, 11) is 0. The summed E-state index contributed by atoms with van der Waals surface area (Å²) in [5.74, 6) is -3.28. The van der Waals surface area contributed by atoms with Gasteiger partial charge in [-0.25, -0.2) is 9.29 Å². The van der Waals surface area contributed by atoms with E-state index in [4.69, 9.17) is 16.3 Å². The molecule has 7 rings (SSSR count). The zero-order valence-corrected chi connectivity index (χ0v) is 25.0. The first-order chi connectivity index (χ1) is 21.3. The summed E-state index contributed by atoms with van der Waals surface area (Å²) in [6.07, 6.45) is 0. The van der Waals surface area contributed by atoms with Gasteiger partial charge in [-0.1, -0.05) is 71.1 Å². The third-order valence-corrected chi connectivity index (χ3v) is 10.3. The maximum atomic E-state index is 14.0. The second-order valence-electron chi connectivity index (χ2n) is 10.3. The smallest absolute Gasteiger partial charge is 0.305 e. The molecule has 2 aliphatic rings. The summed E-state index contributed by atoms with van der Waals surface area (Å²) in [5.41, 5.74) is 1.35. The minimum atomic E-state index is -0.915. The van der Waals surface area contributed by atoms with Crippen LogP contribution in [-0.2, 0) is 14.4 Å². The maximum Gasteiger partial charge on any atom is 0.305 e. The van der Waals surface area contributed by atoms with Gasteiger partial charge >= 0.3 is 4.87 Å². The lowest BCUT2D eigenvalue weighted by atomic mass is 9.82. The highest BCUT2D eigenvalue weighted by molar-refractivity contribution is 8.00. The van der Waals surface area contributed by atoms with Crippen molar-refractivity contribution >= 4 is 74.6 Å². The van der Waals surface area contributed by atoms with E-state index in [1.807, 2.05) is 36.4 Å². The van der Waals surface area contributed by atoms with Crippen LogP contribution in [0.5, 0.6) is 5.75 Å². The number of carbonyl (C=O) groups is 3. The highest BCUT2D eigenvalue weighted by Gasteiger charge is 2.56. The van der Waals surface area contributed by atoms with Crippen LogP contribution in [0.4, 0.5) is 15.8 Å². The molecule has 1 aromatic heterocycles. The van der Waals surface area contributed by atoms with E-state index >= 15 is 0 Å². The molecule has 8 nitrogen and oxygen atoms in total. The fraction of sp³-hybridized carbons (Fsp3) is 0.125. The molecule has 3 heterocycles. The second kappa shape index (κ2) is 11.2. The van der Waals surface area contributed by atoms with Gasteiger partial charge in [-0.3, -0.25) is 19.2 Å². The number of thiazole rings is 1. The molecule has 12 heteroatoms. The van der Waals surface area contributed by atoms with Crippen LogP contribution >= 0.6 is 34.7 Å². The minimum Gasteiger partial charge on any atom is -0.483 e. The van der Waals surface area contributed by atoms with Gasteiger partial charge in [-0.05, 0) is 53.9 Å². The molecule has 2 aliphatic heterocycles. The third kappa shape index (κ3) is 4.96. The van der Waals surface area contributed by atoms with Gasteiger partial charge in [0.1, 0.15) is 16.8 Å². The van der Waals surface area contributed by atoms with E-state index in [9.17, 15) is 23.6 Å². The number of benzene rings is 4. The van der Waals surface area contributed by atoms with Crippen molar-refractivity contribution in [3.05, 3.63) is 116 Å². The summed E-state index contributed by atoms with van der Waals surface area (Å²) in [6.45, 7) is -0.349. The lowest BCUT2D eigenvalue weighted by Gasteiger charge is -2.31. The van der Waals surface area contributed by atoms with Gasteiger partial charge in [0.25, 0.3) is 5.91 Å². The second-order valence-corrected chi connectivity index (χ2v) is 12.9. The Balaban J connectivity index is 1.23. The molecule has 0 spiro atoms. The molecule has 3 atom stereocenters. The van der Waals surface area contributed by atoms with Crippen LogP contribution in [0.25, 0.3) is 10.8 Å². The third-order valence-electron chi connectivity index (χ3n) is 7.64. The number of hydrogen-bond acceptors (Lipinski definition) is 7. The predicted octanol–water partition coefficient (Wildman–Crippen LogP) is 6.20. The number of imide groups is 1. The number of carbonyl (C=O) groups excluding carboxylic acids is 3. The molecule has 1 fully saturated rings. The van der Waals surface area contributed by atoms with Crippen molar-refractivity contribution in [3.63, 3.8) is 0 Å². The Morgan fingerprint density at radius 3 is 2.57 bits per heavy atom. The van der Waals surface area contributed by atoms with Gasteiger partial charge in [0.05, 0.1) is 16.6 Å². The SMILES string of the molecule is O=C(COc1ccc(Cl)cc1C1c2sc(=O)[nH]c2SC2C(=O)N(c3ccc(F)cc3)C(=O)C21)Nc1cccc2ccccc12. The lowest BCUT2D eigenvalue weighted by Crippen LogP contribution is -2.32. The summed E-state index contributed by atoms with van der Waals surface area (Å²) in [4.78, 5) is 57.3. The zero-order valence-electron chi connectivity index (χ0n) is 22.6. The number of fused-ring (bicyclic) bond motifs is 3. The molecule has 0 bridgehead atoms. The van der Waals surface area contributed by atoms with Crippen molar-refractivity contribution in [2.45, 2.75) is 16.2 Å². The quantitative estimate of drug-likeness (QED) is 0.213. The molecular formula is C32H21ClFN3O5S2. The summed E-state index contributed by atoms with van der Waals surface area (Å²) in [5, 5.41) is 4.71. The van der Waals surface area contributed by atoms with Gasteiger partial charge in [0.2, 0.25) is 11.8 Å². The van der Waals surface area contributed by atoms with E-state index in [1.54, 1.807) is 24.3 Å². The summed E-state index contributed by atoms with van der Waals surface area (Å²) >= 11 is 8.50. The van der Waals surface area contributed by atoms with E-state index in [0.717, 1.165) is 38.8 Å². The number of thioether (sulfide) groups is 1. The van der Waals surface area contributed by atoms with E-state index < -0.39 is 40.6 Å². The number of aromatic amines is 1. The molecule has 1 saturated heterocycles. The van der Waals surface area contributed by atoms with E-state index in [1.165, 1.54) is 24.3 Å². The first-order valence-electron chi connectivity index (χ1n) is 13.5. The zero-order chi connectivity index (χ0) is 30.5. The number of nitrogens with zero attached hydrogens (tertiary/aromatic N) is 1. The van der Waals surface area contributed by atoms with Crippen LogP contribution in [0, 0.1) is 11.7 Å². The van der Waals surface area contributed by atoms with E-state index in [-0.39, 0.29) is 22.9 Å². The Kier molecular flexibility index (Phi) is 7.23. The van der Waals surface area contributed by atoms with Crippen LogP contribution in [0.15, 0.2) is 94.7 Å². The average Bonchev–Trinajstić information content (AvgIpc) is 3.51. The maximum absolute atomic E-state index is 14.0. The van der Waals surface area contributed by atoms with Gasteiger partial charge in [0.15, 0.2) is 6.61 Å². The molecule has 0 radical (unpaired) electrons. The Morgan fingerprint density at radius 1 is 0.977 bits per heavy atom. The van der Waals surface area contributed by atoms with Gasteiger partial charge in [-0.15, -0.1) is 0 Å². The Hall–Kier alpha value is -4.45. The molecule has 4 aromatic carbocycles. The van der Waals surface area contributed by atoms with Gasteiger partial charge in [0, 0.05) is 32.5 Å². The number of ether oxygens (including phenoxy) is 1. The van der Waals surface area contributed by atoms with Crippen molar-refractivity contribution < 1.29 is 23.5 Å². The molecule has 3 unspecified atom stereocenters. The number of anilines is 2. The number of H-pyrrole nitrogens is 1. The standard InChI is InChI=1S/C32H21ClFN3O5S2/c33-17-8-13-23(42-15-24(38)35-22-7-3-5-16-4-1-2-6-20(16)22)21(14-17)25-26-28(43-29-27(25)44-32(41)36-29)31(40)37(30(26)39)19-11-9-18(34)10-12-19/h1-14,25-26,28H,15H2,(H,35,38)(H,36,41). The molecular weight excluding hydrogens is 625 g/mol. The monoisotopic (exact) mass is 645 g/mol. The van der Waals surface area contributed by atoms with Crippen LogP contribution in [0.1, 0.15) is 16.4 Å². The van der Waals surface area contributed by atoms with Crippen LogP contribution < -0.4 is 19.8 Å². The van der Waals surface area contributed by atoms with Crippen molar-refractivity contribution in [3.8, 4) is 5.75 Å². The van der Waals surface area contributed by atoms with Crippen molar-refractivity contribution in [2.75, 3.05) is 16.8 Å². The molecule has 44 heavy (non-hydrogen) atoms. The fourth-order valence-electron chi connectivity index (χ4n) is 5.75. The van der Waals surface area contributed by atoms with Crippen molar-refractivity contribution in [1.82, 2.24) is 4.98 Å². The molecule has 0 aliphatic carbocycles. The minimum absolute atomic E-state index is 0.250.